The Balaban J connectivity index is 2.10. The lowest BCUT2D eigenvalue weighted by Crippen LogP contribution is -2.10. The number of nitrogens with zero attached hydrogens (tertiary/aromatic N) is 1. The van der Waals surface area contributed by atoms with Gasteiger partial charge in [-0.25, -0.2) is 4.98 Å². The molecule has 0 atom stereocenters. The van der Waals surface area contributed by atoms with Crippen LogP contribution in [-0.4, -0.2) is 24.7 Å². The summed E-state index contributed by atoms with van der Waals surface area (Å²) in [6.45, 7) is 4.46. The number of aromatic nitrogens is 1. The van der Waals surface area contributed by atoms with Gasteiger partial charge in [-0.05, 0) is 12.5 Å². The topological polar surface area (TPSA) is 60.2 Å². The largest absolute Gasteiger partial charge is 0.399 e. The Bertz CT molecular complexity index is 278. The van der Waals surface area contributed by atoms with Crippen LogP contribution in [0.25, 0.3) is 0 Å². The number of rotatable bonds is 7. The van der Waals surface area contributed by atoms with Crippen molar-refractivity contribution in [1.29, 1.82) is 0 Å². The van der Waals surface area contributed by atoms with Crippen LogP contribution in [-0.2, 0) is 4.74 Å². The molecule has 0 saturated carbocycles. The molecule has 0 unspecified atom stereocenters. The van der Waals surface area contributed by atoms with Gasteiger partial charge in [0.05, 0.1) is 6.61 Å². The molecule has 0 bridgehead atoms. The number of nitrogens with one attached hydrogen (secondary N) is 1. The molecule has 0 aromatic carbocycles. The molecule has 0 fully saturated rings. The molecule has 0 amide bonds. The van der Waals surface area contributed by atoms with Gasteiger partial charge in [0.25, 0.3) is 0 Å². The van der Waals surface area contributed by atoms with Crippen molar-refractivity contribution in [3.05, 3.63) is 18.3 Å². The molecule has 84 valence electrons. The lowest BCUT2D eigenvalue weighted by molar-refractivity contribution is 0.141. The Kier molecular flexibility index (Phi) is 5.55. The van der Waals surface area contributed by atoms with E-state index in [1.54, 1.807) is 12.3 Å². The number of hydrogen-bond acceptors (Lipinski definition) is 4. The summed E-state index contributed by atoms with van der Waals surface area (Å²) in [7, 11) is 0. The van der Waals surface area contributed by atoms with Gasteiger partial charge in [0.2, 0.25) is 0 Å². The number of unbranched alkanes of at least 4 members (excludes halogenated alkanes) is 1. The van der Waals surface area contributed by atoms with Crippen LogP contribution in [0, 0.1) is 0 Å². The first-order chi connectivity index (χ1) is 7.33. The van der Waals surface area contributed by atoms with Crippen LogP contribution in [0.5, 0.6) is 0 Å². The Morgan fingerprint density at radius 2 is 2.33 bits per heavy atom. The normalized spacial score (nSPS) is 10.2. The number of ether oxygens (including phenoxy) is 1. The fourth-order valence-corrected chi connectivity index (χ4v) is 1.14. The first kappa shape index (κ1) is 11.8. The fourth-order valence-electron chi connectivity index (χ4n) is 1.14. The highest BCUT2D eigenvalue weighted by Crippen LogP contribution is 2.06. The van der Waals surface area contributed by atoms with Gasteiger partial charge in [-0.3, -0.25) is 0 Å². The zero-order valence-corrected chi connectivity index (χ0v) is 9.20. The van der Waals surface area contributed by atoms with E-state index in [0.29, 0.717) is 6.61 Å². The van der Waals surface area contributed by atoms with E-state index in [1.807, 2.05) is 6.07 Å². The van der Waals surface area contributed by atoms with Crippen LogP contribution in [0.4, 0.5) is 11.5 Å². The average molecular weight is 209 g/mol. The maximum atomic E-state index is 5.62. The number of hydrogen-bond donors (Lipinski definition) is 2. The molecule has 1 aromatic heterocycles. The van der Waals surface area contributed by atoms with E-state index in [-0.39, 0.29) is 0 Å². The van der Waals surface area contributed by atoms with Crippen molar-refractivity contribution in [1.82, 2.24) is 4.98 Å². The van der Waals surface area contributed by atoms with Crippen molar-refractivity contribution in [3.8, 4) is 0 Å². The van der Waals surface area contributed by atoms with Crippen LogP contribution in [0.15, 0.2) is 18.3 Å². The second-order valence-corrected chi connectivity index (χ2v) is 3.37. The Hall–Kier alpha value is -1.29. The van der Waals surface area contributed by atoms with E-state index in [1.165, 1.54) is 6.42 Å². The molecule has 0 aliphatic heterocycles. The van der Waals surface area contributed by atoms with Crippen molar-refractivity contribution < 1.29 is 4.74 Å². The maximum Gasteiger partial charge on any atom is 0.128 e. The summed E-state index contributed by atoms with van der Waals surface area (Å²) in [5.74, 6) is 0.800. The summed E-state index contributed by atoms with van der Waals surface area (Å²) in [4.78, 5) is 4.13. The maximum absolute atomic E-state index is 5.62. The summed E-state index contributed by atoms with van der Waals surface area (Å²) in [5, 5.41) is 3.15. The first-order valence-corrected chi connectivity index (χ1v) is 5.36. The molecular weight excluding hydrogens is 190 g/mol. The van der Waals surface area contributed by atoms with Crippen molar-refractivity contribution >= 4 is 11.5 Å². The summed E-state index contributed by atoms with van der Waals surface area (Å²) in [6, 6.07) is 3.58. The Morgan fingerprint density at radius 3 is 3.07 bits per heavy atom. The lowest BCUT2D eigenvalue weighted by Gasteiger charge is -2.06. The molecule has 0 radical (unpaired) electrons. The van der Waals surface area contributed by atoms with Gasteiger partial charge < -0.3 is 15.8 Å². The summed E-state index contributed by atoms with van der Waals surface area (Å²) in [6.07, 6.45) is 3.98. The predicted octanol–water partition coefficient (Wildman–Crippen LogP) is 1.89. The van der Waals surface area contributed by atoms with E-state index >= 15 is 0 Å². The van der Waals surface area contributed by atoms with E-state index in [9.17, 15) is 0 Å². The number of pyridine rings is 1. The van der Waals surface area contributed by atoms with Gasteiger partial charge in [-0.2, -0.15) is 0 Å². The first-order valence-electron chi connectivity index (χ1n) is 5.36. The van der Waals surface area contributed by atoms with Crippen molar-refractivity contribution in [3.63, 3.8) is 0 Å². The number of nitrogen functional groups attached to an aromatic ring is 1. The minimum atomic E-state index is 0.705. The van der Waals surface area contributed by atoms with Gasteiger partial charge in [0.15, 0.2) is 0 Å². The average Bonchev–Trinajstić information content (AvgIpc) is 2.23. The third-order valence-corrected chi connectivity index (χ3v) is 1.98. The van der Waals surface area contributed by atoms with Crippen LogP contribution in [0.1, 0.15) is 19.8 Å². The molecule has 1 heterocycles. The molecule has 15 heavy (non-hydrogen) atoms. The molecule has 4 nitrogen and oxygen atoms in total. The van der Waals surface area contributed by atoms with Crippen LogP contribution in [0.2, 0.25) is 0 Å². The molecule has 1 aromatic rings. The lowest BCUT2D eigenvalue weighted by atomic mass is 10.4. The predicted molar refractivity (Wildman–Crippen MR) is 62.9 cm³/mol. The van der Waals surface area contributed by atoms with Crippen molar-refractivity contribution in [2.75, 3.05) is 30.8 Å². The molecule has 0 aliphatic carbocycles. The van der Waals surface area contributed by atoms with E-state index < -0.39 is 0 Å². The molecule has 3 N–H and O–H groups in total. The SMILES string of the molecule is CCCCOCCNc1cc(N)ccn1. The molecular formula is C11H19N3O. The second kappa shape index (κ2) is 7.06. The zero-order valence-electron chi connectivity index (χ0n) is 9.20. The number of anilines is 2. The van der Waals surface area contributed by atoms with Crippen LogP contribution >= 0.6 is 0 Å². The highest BCUT2D eigenvalue weighted by molar-refractivity contribution is 5.48. The van der Waals surface area contributed by atoms with Gasteiger partial charge in [-0.15, -0.1) is 0 Å². The summed E-state index contributed by atoms with van der Waals surface area (Å²) < 4.78 is 5.40. The molecule has 0 saturated heterocycles. The third-order valence-electron chi connectivity index (χ3n) is 1.98. The van der Waals surface area contributed by atoms with E-state index in [0.717, 1.165) is 31.1 Å². The van der Waals surface area contributed by atoms with Crippen molar-refractivity contribution in [2.45, 2.75) is 19.8 Å². The quantitative estimate of drug-likeness (QED) is 0.673. The zero-order chi connectivity index (χ0) is 10.9. The van der Waals surface area contributed by atoms with E-state index in [4.69, 9.17) is 10.5 Å². The second-order valence-electron chi connectivity index (χ2n) is 3.37. The standard InChI is InChI=1S/C11H19N3O/c1-2-3-7-15-8-6-14-11-9-10(12)4-5-13-11/h4-5,9H,2-3,6-8H2,1H3,(H3,12,13,14). The van der Waals surface area contributed by atoms with Crippen LogP contribution in [0.3, 0.4) is 0 Å². The minimum absolute atomic E-state index is 0.705. The van der Waals surface area contributed by atoms with Gasteiger partial charge in [-0.1, -0.05) is 13.3 Å². The third kappa shape index (κ3) is 5.22. The van der Waals surface area contributed by atoms with Gasteiger partial charge >= 0.3 is 0 Å². The monoisotopic (exact) mass is 209 g/mol. The minimum Gasteiger partial charge on any atom is -0.399 e. The fraction of sp³-hybridized carbons (Fsp3) is 0.545. The molecule has 4 heteroatoms. The molecule has 1 rings (SSSR count). The van der Waals surface area contributed by atoms with Gasteiger partial charge in [0.1, 0.15) is 5.82 Å². The molecule has 0 aliphatic rings. The smallest absolute Gasteiger partial charge is 0.128 e. The number of nitrogens with two attached hydrogens (primary N) is 1. The van der Waals surface area contributed by atoms with Gasteiger partial charge in [0, 0.05) is 31.1 Å². The van der Waals surface area contributed by atoms with Crippen LogP contribution < -0.4 is 11.1 Å². The highest BCUT2D eigenvalue weighted by Gasteiger charge is 1.93. The van der Waals surface area contributed by atoms with E-state index in [2.05, 4.69) is 17.2 Å². The Morgan fingerprint density at radius 1 is 1.47 bits per heavy atom. The summed E-state index contributed by atoms with van der Waals surface area (Å²) in [5.41, 5.74) is 6.34. The summed E-state index contributed by atoms with van der Waals surface area (Å²) >= 11 is 0. The molecule has 0 spiro atoms. The Labute approximate surface area is 90.8 Å². The highest BCUT2D eigenvalue weighted by atomic mass is 16.5. The van der Waals surface area contributed by atoms with Crippen molar-refractivity contribution in [2.24, 2.45) is 0 Å².